The van der Waals surface area contributed by atoms with Gasteiger partial charge in [-0.25, -0.2) is 9.37 Å². The average molecular weight is 276 g/mol. The van der Waals surface area contributed by atoms with Crippen molar-refractivity contribution in [2.75, 3.05) is 12.4 Å². The number of benzene rings is 1. The van der Waals surface area contributed by atoms with Crippen molar-refractivity contribution in [3.8, 4) is 5.75 Å². The van der Waals surface area contributed by atoms with Gasteiger partial charge >= 0.3 is 0 Å². The van der Waals surface area contributed by atoms with Crippen molar-refractivity contribution in [3.05, 3.63) is 35.7 Å². The van der Waals surface area contributed by atoms with Gasteiger partial charge in [0.05, 0.1) is 12.8 Å². The fourth-order valence-corrected chi connectivity index (χ4v) is 1.82. The topological polar surface area (TPSA) is 79.9 Å². The summed E-state index contributed by atoms with van der Waals surface area (Å²) in [5.41, 5.74) is 0.0344. The van der Waals surface area contributed by atoms with Gasteiger partial charge < -0.3 is 10.1 Å². The van der Waals surface area contributed by atoms with Gasteiger partial charge in [0.15, 0.2) is 0 Å². The summed E-state index contributed by atoms with van der Waals surface area (Å²) in [6.45, 7) is 0. The van der Waals surface area contributed by atoms with Crippen LogP contribution < -0.4 is 10.1 Å². The van der Waals surface area contributed by atoms with Crippen LogP contribution in [-0.2, 0) is 0 Å². The van der Waals surface area contributed by atoms with E-state index in [2.05, 4.69) is 20.5 Å². The molecule has 7 heteroatoms. The zero-order valence-electron chi connectivity index (χ0n) is 10.8. The summed E-state index contributed by atoms with van der Waals surface area (Å²) < 4.78 is 18.6. The number of amides is 1. The van der Waals surface area contributed by atoms with Crippen molar-refractivity contribution in [3.63, 3.8) is 0 Å². The van der Waals surface area contributed by atoms with Crippen molar-refractivity contribution in [1.82, 2.24) is 15.2 Å². The lowest BCUT2D eigenvalue weighted by Gasteiger charge is -2.06. The maximum atomic E-state index is 13.6. The first-order valence-corrected chi connectivity index (χ1v) is 6.24. The van der Waals surface area contributed by atoms with Crippen molar-refractivity contribution >= 4 is 11.6 Å². The number of H-pyrrole nitrogens is 1. The molecule has 20 heavy (non-hydrogen) atoms. The molecule has 1 heterocycles. The molecule has 0 aliphatic heterocycles. The highest BCUT2D eigenvalue weighted by Crippen LogP contribution is 2.37. The second-order valence-corrected chi connectivity index (χ2v) is 4.62. The van der Waals surface area contributed by atoms with Crippen LogP contribution in [0.5, 0.6) is 5.75 Å². The van der Waals surface area contributed by atoms with Crippen LogP contribution in [0.4, 0.5) is 10.1 Å². The molecule has 0 radical (unpaired) electrons. The zero-order chi connectivity index (χ0) is 14.1. The Hall–Kier alpha value is -2.44. The van der Waals surface area contributed by atoms with E-state index in [1.807, 2.05) is 0 Å². The largest absolute Gasteiger partial charge is 0.497 e. The number of rotatable bonds is 4. The Kier molecular flexibility index (Phi) is 3.09. The van der Waals surface area contributed by atoms with Crippen LogP contribution >= 0.6 is 0 Å². The Morgan fingerprint density at radius 3 is 3.00 bits per heavy atom. The molecular weight excluding hydrogens is 263 g/mol. The third-order valence-corrected chi connectivity index (χ3v) is 3.09. The van der Waals surface area contributed by atoms with E-state index in [0.29, 0.717) is 17.5 Å². The summed E-state index contributed by atoms with van der Waals surface area (Å²) in [5.74, 6) is 0.445. The van der Waals surface area contributed by atoms with Crippen LogP contribution in [0.25, 0.3) is 0 Å². The first-order valence-electron chi connectivity index (χ1n) is 6.24. The Morgan fingerprint density at radius 2 is 2.30 bits per heavy atom. The molecule has 1 aromatic carbocycles. The maximum Gasteiger partial charge on any atom is 0.295 e. The lowest BCUT2D eigenvalue weighted by molar-refractivity contribution is 0.101. The van der Waals surface area contributed by atoms with E-state index < -0.39 is 11.7 Å². The SMILES string of the molecule is COc1ccc(F)c(NC(=O)c2n[nH]c(C3CC3)n2)c1. The number of aromatic amines is 1. The lowest BCUT2D eigenvalue weighted by Crippen LogP contribution is -2.15. The highest BCUT2D eigenvalue weighted by molar-refractivity contribution is 6.01. The molecule has 6 nitrogen and oxygen atoms in total. The van der Waals surface area contributed by atoms with Gasteiger partial charge in [0, 0.05) is 12.0 Å². The molecule has 1 amide bonds. The highest BCUT2D eigenvalue weighted by atomic mass is 19.1. The Bertz CT molecular complexity index is 652. The van der Waals surface area contributed by atoms with E-state index in [4.69, 9.17) is 4.74 Å². The summed E-state index contributed by atoms with van der Waals surface area (Å²) in [6, 6.07) is 4.10. The number of nitrogens with one attached hydrogen (secondary N) is 2. The minimum absolute atomic E-state index is 0.00844. The zero-order valence-corrected chi connectivity index (χ0v) is 10.8. The van der Waals surface area contributed by atoms with Gasteiger partial charge in [-0.3, -0.25) is 9.89 Å². The number of anilines is 1. The van der Waals surface area contributed by atoms with Crippen molar-refractivity contribution in [2.45, 2.75) is 18.8 Å². The third kappa shape index (κ3) is 2.47. The number of halogens is 1. The van der Waals surface area contributed by atoms with Gasteiger partial charge in [-0.1, -0.05) is 0 Å². The smallest absolute Gasteiger partial charge is 0.295 e. The number of methoxy groups -OCH3 is 1. The molecule has 0 spiro atoms. The number of ether oxygens (including phenoxy) is 1. The molecule has 1 aliphatic carbocycles. The normalized spacial score (nSPS) is 14.1. The van der Waals surface area contributed by atoms with Gasteiger partial charge in [-0.15, -0.1) is 5.10 Å². The summed E-state index contributed by atoms with van der Waals surface area (Å²) in [6.07, 6.45) is 2.11. The number of aromatic nitrogens is 3. The molecule has 1 saturated carbocycles. The van der Waals surface area contributed by atoms with E-state index in [-0.39, 0.29) is 11.5 Å². The first kappa shape index (κ1) is 12.6. The summed E-state index contributed by atoms with van der Waals surface area (Å²) in [4.78, 5) is 16.1. The second kappa shape index (κ2) is 4.92. The predicted octanol–water partition coefficient (Wildman–Crippen LogP) is 2.08. The van der Waals surface area contributed by atoms with Crippen LogP contribution in [0.3, 0.4) is 0 Å². The van der Waals surface area contributed by atoms with Gasteiger partial charge in [0.1, 0.15) is 17.4 Å². The van der Waals surface area contributed by atoms with Crippen molar-refractivity contribution in [2.24, 2.45) is 0 Å². The monoisotopic (exact) mass is 276 g/mol. The van der Waals surface area contributed by atoms with Crippen LogP contribution in [0.1, 0.15) is 35.2 Å². The van der Waals surface area contributed by atoms with E-state index in [1.165, 1.54) is 25.3 Å². The molecular formula is C13H13FN4O2. The van der Waals surface area contributed by atoms with Crippen LogP contribution in [0, 0.1) is 5.82 Å². The van der Waals surface area contributed by atoms with Gasteiger partial charge in [-0.2, -0.15) is 0 Å². The Balaban J connectivity index is 1.77. The van der Waals surface area contributed by atoms with Crippen LogP contribution in [-0.4, -0.2) is 28.2 Å². The van der Waals surface area contributed by atoms with E-state index in [0.717, 1.165) is 12.8 Å². The predicted molar refractivity (Wildman–Crippen MR) is 69.3 cm³/mol. The van der Waals surface area contributed by atoms with Crippen LogP contribution in [0.15, 0.2) is 18.2 Å². The van der Waals surface area contributed by atoms with Crippen molar-refractivity contribution < 1.29 is 13.9 Å². The lowest BCUT2D eigenvalue weighted by atomic mass is 10.3. The molecule has 1 aliphatic rings. The number of hydrogen-bond donors (Lipinski definition) is 2. The molecule has 0 saturated heterocycles. The minimum Gasteiger partial charge on any atom is -0.497 e. The molecule has 2 N–H and O–H groups in total. The third-order valence-electron chi connectivity index (χ3n) is 3.09. The number of carbonyl (C=O) groups excluding carboxylic acids is 1. The molecule has 104 valence electrons. The highest BCUT2D eigenvalue weighted by Gasteiger charge is 2.28. The van der Waals surface area contributed by atoms with E-state index >= 15 is 0 Å². The summed E-state index contributed by atoms with van der Waals surface area (Å²) in [7, 11) is 1.47. The van der Waals surface area contributed by atoms with Gasteiger partial charge in [0.2, 0.25) is 5.82 Å². The fraction of sp³-hybridized carbons (Fsp3) is 0.308. The van der Waals surface area contributed by atoms with Crippen LogP contribution in [0.2, 0.25) is 0 Å². The fourth-order valence-electron chi connectivity index (χ4n) is 1.82. The molecule has 0 bridgehead atoms. The maximum absolute atomic E-state index is 13.6. The average Bonchev–Trinajstić information content (AvgIpc) is 3.18. The molecule has 1 fully saturated rings. The quantitative estimate of drug-likeness (QED) is 0.896. The van der Waals surface area contributed by atoms with Crippen molar-refractivity contribution in [1.29, 1.82) is 0 Å². The van der Waals surface area contributed by atoms with Gasteiger partial charge in [-0.05, 0) is 25.0 Å². The van der Waals surface area contributed by atoms with E-state index in [9.17, 15) is 9.18 Å². The number of hydrogen-bond acceptors (Lipinski definition) is 4. The van der Waals surface area contributed by atoms with E-state index in [1.54, 1.807) is 0 Å². The summed E-state index contributed by atoms with van der Waals surface area (Å²) >= 11 is 0. The Morgan fingerprint density at radius 1 is 1.50 bits per heavy atom. The Labute approximate surface area is 114 Å². The van der Waals surface area contributed by atoms with Gasteiger partial charge in [0.25, 0.3) is 5.91 Å². The first-order chi connectivity index (χ1) is 9.67. The standard InChI is InChI=1S/C13H13FN4O2/c1-20-8-4-5-9(14)10(6-8)15-13(19)12-16-11(17-18-12)7-2-3-7/h4-7H,2-3H2,1H3,(H,15,19)(H,16,17,18). The summed E-state index contributed by atoms with van der Waals surface area (Å²) in [5, 5.41) is 9.01. The molecule has 2 aromatic rings. The molecule has 3 rings (SSSR count). The number of nitrogens with zero attached hydrogens (tertiary/aromatic N) is 2. The molecule has 0 atom stereocenters. The molecule has 0 unspecified atom stereocenters. The molecule has 1 aromatic heterocycles. The second-order valence-electron chi connectivity index (χ2n) is 4.62. The minimum atomic E-state index is -0.555. The number of carbonyl (C=O) groups is 1.